The van der Waals surface area contributed by atoms with E-state index in [1.54, 1.807) is 41.0 Å². The normalized spacial score (nSPS) is 10.8. The molecular formula is C18H15Cl3N4OS. The number of carbonyl (C=O) groups is 1. The first-order valence-corrected chi connectivity index (χ1v) is 10.0. The van der Waals surface area contributed by atoms with E-state index in [9.17, 15) is 4.79 Å². The Labute approximate surface area is 176 Å². The van der Waals surface area contributed by atoms with Gasteiger partial charge in [0.2, 0.25) is 5.91 Å². The zero-order valence-electron chi connectivity index (χ0n) is 14.3. The zero-order valence-corrected chi connectivity index (χ0v) is 17.4. The summed E-state index contributed by atoms with van der Waals surface area (Å²) in [5, 5.41) is 10.4. The Balaban J connectivity index is 1.63. The topological polar surface area (TPSA) is 51.0 Å². The molecular weight excluding hydrogens is 427 g/mol. The molecule has 5 nitrogen and oxygen atoms in total. The molecule has 0 aliphatic heterocycles. The Hall–Kier alpha value is -1.73. The minimum absolute atomic E-state index is 0.0494. The highest BCUT2D eigenvalue weighted by molar-refractivity contribution is 7.99. The lowest BCUT2D eigenvalue weighted by Crippen LogP contribution is -2.28. The molecule has 3 aromatic rings. The number of halogens is 3. The Morgan fingerprint density at radius 3 is 2.67 bits per heavy atom. The van der Waals surface area contributed by atoms with Crippen LogP contribution in [0.4, 0.5) is 0 Å². The van der Waals surface area contributed by atoms with Crippen LogP contribution in [0.2, 0.25) is 15.1 Å². The summed E-state index contributed by atoms with van der Waals surface area (Å²) in [5.41, 5.74) is 1.67. The van der Waals surface area contributed by atoms with Crippen LogP contribution in [0.1, 0.15) is 5.56 Å². The maximum atomic E-state index is 12.5. The molecule has 0 aliphatic carbocycles. The van der Waals surface area contributed by atoms with Crippen LogP contribution in [-0.4, -0.2) is 38.4 Å². The summed E-state index contributed by atoms with van der Waals surface area (Å²) >= 11 is 19.4. The minimum atomic E-state index is -0.0494. The second-order valence-corrected chi connectivity index (χ2v) is 7.96. The quantitative estimate of drug-likeness (QED) is 0.506. The molecule has 1 amide bonds. The molecule has 0 aliphatic rings. The first kappa shape index (κ1) is 20.0. The summed E-state index contributed by atoms with van der Waals surface area (Å²) in [6, 6.07) is 12.6. The molecule has 1 heterocycles. The van der Waals surface area contributed by atoms with Gasteiger partial charge in [0.25, 0.3) is 0 Å². The van der Waals surface area contributed by atoms with Crippen molar-refractivity contribution in [3.8, 4) is 5.69 Å². The van der Waals surface area contributed by atoms with Crippen molar-refractivity contribution in [2.45, 2.75) is 11.7 Å². The van der Waals surface area contributed by atoms with Gasteiger partial charge in [-0.1, -0.05) is 58.7 Å². The van der Waals surface area contributed by atoms with E-state index in [4.69, 9.17) is 34.8 Å². The lowest BCUT2D eigenvalue weighted by Gasteiger charge is -2.18. The van der Waals surface area contributed by atoms with Crippen molar-refractivity contribution in [3.63, 3.8) is 0 Å². The molecule has 0 N–H and O–H groups in total. The molecule has 140 valence electrons. The molecule has 9 heteroatoms. The van der Waals surface area contributed by atoms with Gasteiger partial charge < -0.3 is 4.90 Å². The van der Waals surface area contributed by atoms with Crippen molar-refractivity contribution in [1.82, 2.24) is 19.7 Å². The Morgan fingerprint density at radius 1 is 1.15 bits per heavy atom. The molecule has 0 unspecified atom stereocenters. The van der Waals surface area contributed by atoms with Crippen LogP contribution in [-0.2, 0) is 11.3 Å². The summed E-state index contributed by atoms with van der Waals surface area (Å²) in [7, 11) is 1.73. The van der Waals surface area contributed by atoms with Crippen LogP contribution in [0, 0.1) is 0 Å². The minimum Gasteiger partial charge on any atom is -0.341 e. The number of hydrogen-bond donors (Lipinski definition) is 0. The van der Waals surface area contributed by atoms with Gasteiger partial charge in [-0.25, -0.2) is 0 Å². The van der Waals surface area contributed by atoms with Crippen LogP contribution in [0.3, 0.4) is 0 Å². The van der Waals surface area contributed by atoms with Crippen molar-refractivity contribution in [2.75, 3.05) is 12.8 Å². The molecule has 0 radical (unpaired) electrons. The number of amides is 1. The first-order chi connectivity index (χ1) is 12.9. The average molecular weight is 442 g/mol. The van der Waals surface area contributed by atoms with Crippen LogP contribution < -0.4 is 0 Å². The fourth-order valence-corrected chi connectivity index (χ4v) is 3.88. The number of thioether (sulfide) groups is 1. The SMILES string of the molecule is CN(Cc1ccc(Cl)cc1Cl)C(=O)CSc1nncn1-c1cccc(Cl)c1. The number of hydrogen-bond acceptors (Lipinski definition) is 4. The molecule has 2 aromatic carbocycles. The summed E-state index contributed by atoms with van der Waals surface area (Å²) < 4.78 is 1.79. The van der Waals surface area contributed by atoms with E-state index < -0.39 is 0 Å². The molecule has 0 saturated heterocycles. The number of aromatic nitrogens is 3. The highest BCUT2D eigenvalue weighted by Gasteiger charge is 2.15. The predicted molar refractivity (Wildman–Crippen MR) is 110 cm³/mol. The number of rotatable bonds is 6. The zero-order chi connectivity index (χ0) is 19.4. The molecule has 0 bridgehead atoms. The van der Waals surface area contributed by atoms with E-state index in [2.05, 4.69) is 10.2 Å². The lowest BCUT2D eigenvalue weighted by atomic mass is 10.2. The van der Waals surface area contributed by atoms with Crippen LogP contribution in [0.5, 0.6) is 0 Å². The molecule has 0 saturated carbocycles. The Kier molecular flexibility index (Phi) is 6.65. The maximum absolute atomic E-state index is 12.5. The van der Waals surface area contributed by atoms with Crippen molar-refractivity contribution < 1.29 is 4.79 Å². The van der Waals surface area contributed by atoms with E-state index in [0.717, 1.165) is 11.3 Å². The monoisotopic (exact) mass is 440 g/mol. The van der Waals surface area contributed by atoms with E-state index in [0.29, 0.717) is 26.8 Å². The third kappa shape index (κ3) is 5.17. The van der Waals surface area contributed by atoms with Gasteiger partial charge >= 0.3 is 0 Å². The molecule has 0 atom stereocenters. The van der Waals surface area contributed by atoms with E-state index in [1.165, 1.54) is 11.8 Å². The molecule has 27 heavy (non-hydrogen) atoms. The highest BCUT2D eigenvalue weighted by Crippen LogP contribution is 2.24. The standard InChI is InChI=1S/C18H15Cl3N4OS/c1-24(9-12-5-6-14(20)8-16(12)21)17(26)10-27-18-23-22-11-25(18)15-4-2-3-13(19)7-15/h2-8,11H,9-10H2,1H3. The van der Waals surface area contributed by atoms with Crippen LogP contribution >= 0.6 is 46.6 Å². The number of nitrogens with zero attached hydrogens (tertiary/aromatic N) is 4. The average Bonchev–Trinajstić information content (AvgIpc) is 3.10. The van der Waals surface area contributed by atoms with Gasteiger partial charge in [-0.05, 0) is 35.9 Å². The third-order valence-electron chi connectivity index (χ3n) is 3.78. The van der Waals surface area contributed by atoms with Gasteiger partial charge in [0, 0.05) is 28.7 Å². The summed E-state index contributed by atoms with van der Waals surface area (Å²) in [6.07, 6.45) is 1.59. The van der Waals surface area contributed by atoms with Crippen molar-refractivity contribution >= 4 is 52.5 Å². The van der Waals surface area contributed by atoms with Gasteiger partial charge in [0.15, 0.2) is 5.16 Å². The highest BCUT2D eigenvalue weighted by atomic mass is 35.5. The van der Waals surface area contributed by atoms with Gasteiger partial charge in [0.05, 0.1) is 11.4 Å². The number of benzene rings is 2. The van der Waals surface area contributed by atoms with E-state index >= 15 is 0 Å². The van der Waals surface area contributed by atoms with E-state index in [1.807, 2.05) is 24.3 Å². The van der Waals surface area contributed by atoms with Crippen LogP contribution in [0.15, 0.2) is 53.9 Å². The lowest BCUT2D eigenvalue weighted by molar-refractivity contribution is -0.127. The van der Waals surface area contributed by atoms with Gasteiger partial charge in [-0.15, -0.1) is 10.2 Å². The van der Waals surface area contributed by atoms with Crippen molar-refractivity contribution in [3.05, 3.63) is 69.4 Å². The predicted octanol–water partition coefficient (Wildman–Crippen LogP) is 4.98. The van der Waals surface area contributed by atoms with Gasteiger partial charge in [0.1, 0.15) is 6.33 Å². The molecule has 3 rings (SSSR count). The van der Waals surface area contributed by atoms with Gasteiger partial charge in [-0.2, -0.15) is 0 Å². The van der Waals surface area contributed by atoms with Crippen molar-refractivity contribution in [2.24, 2.45) is 0 Å². The molecule has 0 fully saturated rings. The van der Waals surface area contributed by atoms with E-state index in [-0.39, 0.29) is 11.7 Å². The smallest absolute Gasteiger partial charge is 0.233 e. The fraction of sp³-hybridized carbons (Fsp3) is 0.167. The summed E-state index contributed by atoms with van der Waals surface area (Å²) in [5.74, 6) is 0.174. The third-order valence-corrected chi connectivity index (χ3v) is 5.53. The fourth-order valence-electron chi connectivity index (χ4n) is 2.36. The Bertz CT molecular complexity index is 963. The second-order valence-electron chi connectivity index (χ2n) is 5.74. The van der Waals surface area contributed by atoms with Crippen molar-refractivity contribution in [1.29, 1.82) is 0 Å². The largest absolute Gasteiger partial charge is 0.341 e. The summed E-state index contributed by atoms with van der Waals surface area (Å²) in [4.78, 5) is 14.1. The van der Waals surface area contributed by atoms with Crippen LogP contribution in [0.25, 0.3) is 5.69 Å². The number of carbonyl (C=O) groups excluding carboxylic acids is 1. The molecule has 0 spiro atoms. The summed E-state index contributed by atoms with van der Waals surface area (Å²) in [6.45, 7) is 0.399. The second kappa shape index (κ2) is 8.97. The first-order valence-electron chi connectivity index (χ1n) is 7.90. The molecule has 1 aromatic heterocycles. The maximum Gasteiger partial charge on any atom is 0.233 e. The Morgan fingerprint density at radius 2 is 1.93 bits per heavy atom. The van der Waals surface area contributed by atoms with Gasteiger partial charge in [-0.3, -0.25) is 9.36 Å².